The number of pyridine rings is 2. The van der Waals surface area contributed by atoms with E-state index in [-0.39, 0.29) is 16.9 Å². The van der Waals surface area contributed by atoms with E-state index < -0.39 is 12.0 Å². The molecule has 1 atom stereocenters. The first-order chi connectivity index (χ1) is 18.9. The molecule has 0 spiro atoms. The number of methoxy groups -OCH3 is 1. The normalized spacial score (nSPS) is 13.9. The van der Waals surface area contributed by atoms with Gasteiger partial charge in [-0.1, -0.05) is 24.4 Å². The number of aromatic amines is 1. The zero-order chi connectivity index (χ0) is 27.1. The number of tetrazole rings is 1. The van der Waals surface area contributed by atoms with Gasteiger partial charge in [-0.25, -0.2) is 9.97 Å². The number of hydrogen-bond donors (Lipinski definition) is 2. The van der Waals surface area contributed by atoms with Crippen LogP contribution in [0, 0.1) is 11.9 Å². The van der Waals surface area contributed by atoms with Crippen LogP contribution in [0.3, 0.4) is 0 Å². The highest BCUT2D eigenvalue weighted by Gasteiger charge is 2.30. The molecule has 0 amide bonds. The maximum atomic E-state index is 14.5. The summed E-state index contributed by atoms with van der Waals surface area (Å²) >= 11 is 6.33. The predicted molar refractivity (Wildman–Crippen MR) is 142 cm³/mol. The van der Waals surface area contributed by atoms with Crippen molar-refractivity contribution in [2.75, 3.05) is 12.8 Å². The van der Waals surface area contributed by atoms with Crippen LogP contribution in [-0.2, 0) is 0 Å². The number of hydrogen-bond acceptors (Lipinski definition) is 8. The molecular formula is C26H23ClFN9O2. The predicted octanol–water partition coefficient (Wildman–Crippen LogP) is 4.05. The summed E-state index contributed by atoms with van der Waals surface area (Å²) in [5, 5.41) is 11.9. The average Bonchev–Trinajstić information content (AvgIpc) is 3.35. The van der Waals surface area contributed by atoms with Crippen molar-refractivity contribution < 1.29 is 9.13 Å². The minimum atomic E-state index is -0.702. The number of nitrogen functional groups attached to an aromatic ring is 1. The summed E-state index contributed by atoms with van der Waals surface area (Å²) in [6, 6.07) is 9.36. The first-order valence-corrected chi connectivity index (χ1v) is 12.6. The SMILES string of the molecule is COc1cn(C(CC2CC2)c2ncc(-c3ccc(N)nc3F)[nH]2)c(=O)cc1-c1cc(Cl)ccc1-n1cnnn1. The van der Waals surface area contributed by atoms with E-state index in [1.165, 1.54) is 36.4 Å². The van der Waals surface area contributed by atoms with Crippen molar-refractivity contribution in [2.45, 2.75) is 25.3 Å². The van der Waals surface area contributed by atoms with Gasteiger partial charge in [0.15, 0.2) is 0 Å². The van der Waals surface area contributed by atoms with Crippen LogP contribution in [0.5, 0.6) is 5.75 Å². The van der Waals surface area contributed by atoms with Crippen LogP contribution >= 0.6 is 11.6 Å². The fraction of sp³-hybridized carbons (Fsp3) is 0.231. The number of ether oxygens (including phenoxy) is 1. The summed E-state index contributed by atoms with van der Waals surface area (Å²) in [5.41, 5.74) is 7.80. The van der Waals surface area contributed by atoms with Crippen LogP contribution in [0.4, 0.5) is 10.2 Å². The Bertz CT molecular complexity index is 1710. The number of H-pyrrole nitrogens is 1. The topological polar surface area (TPSA) is 142 Å². The number of nitrogens with two attached hydrogens (primary N) is 1. The van der Waals surface area contributed by atoms with E-state index in [0.29, 0.717) is 51.4 Å². The van der Waals surface area contributed by atoms with Crippen molar-refractivity contribution in [1.29, 1.82) is 0 Å². The first-order valence-electron chi connectivity index (χ1n) is 12.2. The molecule has 4 aromatic heterocycles. The van der Waals surface area contributed by atoms with Gasteiger partial charge in [0.1, 0.15) is 23.7 Å². The largest absolute Gasteiger partial charge is 0.495 e. The van der Waals surface area contributed by atoms with Crippen molar-refractivity contribution in [2.24, 2.45) is 5.92 Å². The Hall–Kier alpha value is -4.58. The second-order valence-corrected chi connectivity index (χ2v) is 9.80. The molecule has 1 aliphatic carbocycles. The van der Waals surface area contributed by atoms with Gasteiger partial charge >= 0.3 is 0 Å². The van der Waals surface area contributed by atoms with Crippen LogP contribution in [0.15, 0.2) is 59.9 Å². The van der Waals surface area contributed by atoms with Gasteiger partial charge in [0, 0.05) is 22.2 Å². The molecule has 0 bridgehead atoms. The van der Waals surface area contributed by atoms with Gasteiger partial charge in [0.2, 0.25) is 5.95 Å². The van der Waals surface area contributed by atoms with E-state index in [4.69, 9.17) is 22.1 Å². The van der Waals surface area contributed by atoms with Crippen molar-refractivity contribution in [3.63, 3.8) is 0 Å². The third kappa shape index (κ3) is 4.86. The molecule has 39 heavy (non-hydrogen) atoms. The second-order valence-electron chi connectivity index (χ2n) is 9.37. The summed E-state index contributed by atoms with van der Waals surface area (Å²) in [6.07, 6.45) is 7.49. The lowest BCUT2D eigenvalue weighted by Gasteiger charge is -2.21. The third-order valence-corrected chi connectivity index (χ3v) is 7.00. The fourth-order valence-corrected chi connectivity index (χ4v) is 4.83. The molecular weight excluding hydrogens is 525 g/mol. The average molecular weight is 548 g/mol. The lowest BCUT2D eigenvalue weighted by atomic mass is 10.0. The van der Waals surface area contributed by atoms with Crippen LogP contribution in [0.1, 0.15) is 31.1 Å². The van der Waals surface area contributed by atoms with E-state index in [2.05, 4.69) is 30.5 Å². The maximum Gasteiger partial charge on any atom is 0.252 e. The molecule has 5 aromatic rings. The Labute approximate surface area is 226 Å². The van der Waals surface area contributed by atoms with Gasteiger partial charge in [0.25, 0.3) is 5.56 Å². The molecule has 11 nitrogen and oxygen atoms in total. The summed E-state index contributed by atoms with van der Waals surface area (Å²) in [5.74, 6) is 0.821. The van der Waals surface area contributed by atoms with Crippen molar-refractivity contribution >= 4 is 17.4 Å². The number of nitrogens with zero attached hydrogens (tertiary/aromatic N) is 7. The highest BCUT2D eigenvalue weighted by Crippen LogP contribution is 2.40. The lowest BCUT2D eigenvalue weighted by molar-refractivity contribution is 0.400. The summed E-state index contributed by atoms with van der Waals surface area (Å²) in [7, 11) is 1.53. The van der Waals surface area contributed by atoms with E-state index >= 15 is 0 Å². The number of rotatable bonds is 8. The zero-order valence-electron chi connectivity index (χ0n) is 20.8. The van der Waals surface area contributed by atoms with Gasteiger partial charge < -0.3 is 20.0 Å². The summed E-state index contributed by atoms with van der Waals surface area (Å²) < 4.78 is 23.3. The molecule has 4 heterocycles. The first kappa shape index (κ1) is 24.7. The monoisotopic (exact) mass is 547 g/mol. The van der Waals surface area contributed by atoms with Crippen LogP contribution < -0.4 is 16.0 Å². The molecule has 1 unspecified atom stereocenters. The molecule has 0 aliphatic heterocycles. The summed E-state index contributed by atoms with van der Waals surface area (Å²) in [4.78, 5) is 25.1. The molecule has 198 valence electrons. The van der Waals surface area contributed by atoms with Crippen LogP contribution in [-0.4, -0.2) is 46.8 Å². The molecule has 1 fully saturated rings. The molecule has 1 saturated carbocycles. The quantitative estimate of drug-likeness (QED) is 0.277. The Morgan fingerprint density at radius 1 is 1.21 bits per heavy atom. The minimum absolute atomic E-state index is 0.0873. The third-order valence-electron chi connectivity index (χ3n) is 6.77. The highest BCUT2D eigenvalue weighted by atomic mass is 35.5. The smallest absolute Gasteiger partial charge is 0.252 e. The number of aromatic nitrogens is 8. The number of anilines is 1. The molecule has 1 aliphatic rings. The minimum Gasteiger partial charge on any atom is -0.495 e. The summed E-state index contributed by atoms with van der Waals surface area (Å²) in [6.45, 7) is 0. The Morgan fingerprint density at radius 3 is 2.77 bits per heavy atom. The van der Waals surface area contributed by atoms with Crippen molar-refractivity contribution in [3.05, 3.63) is 82.3 Å². The standard InChI is InChI=1S/C26H23ClFN9O2/c1-39-22-12-36(24(38)10-18(22)17-9-15(27)4-6-20(17)37-13-31-34-35-37)21(8-14-2-3-14)26-30-11-19(32-26)16-5-7-23(29)33-25(16)28/h4-7,9-14,21H,2-3,8H2,1H3,(H2,29,33)(H,30,32). The molecule has 6 rings (SSSR count). The van der Waals surface area contributed by atoms with Crippen molar-refractivity contribution in [3.8, 4) is 33.8 Å². The van der Waals surface area contributed by atoms with E-state index in [1.807, 2.05) is 0 Å². The Balaban J connectivity index is 1.44. The van der Waals surface area contributed by atoms with E-state index in [9.17, 15) is 9.18 Å². The molecule has 3 N–H and O–H groups in total. The molecule has 13 heteroatoms. The van der Waals surface area contributed by atoms with Gasteiger partial charge in [-0.3, -0.25) is 4.79 Å². The van der Waals surface area contributed by atoms with Crippen LogP contribution in [0.25, 0.3) is 28.1 Å². The highest BCUT2D eigenvalue weighted by molar-refractivity contribution is 6.31. The van der Waals surface area contributed by atoms with Crippen molar-refractivity contribution in [1.82, 2.24) is 39.7 Å². The van der Waals surface area contributed by atoms with Gasteiger partial charge in [-0.2, -0.15) is 9.07 Å². The fourth-order valence-electron chi connectivity index (χ4n) is 4.66. The lowest BCUT2D eigenvalue weighted by Crippen LogP contribution is -2.26. The van der Waals surface area contributed by atoms with Crippen LogP contribution in [0.2, 0.25) is 5.02 Å². The van der Waals surface area contributed by atoms with Gasteiger partial charge in [-0.05, 0) is 53.1 Å². The van der Waals surface area contributed by atoms with E-state index in [0.717, 1.165) is 12.8 Å². The maximum absolute atomic E-state index is 14.5. The zero-order valence-corrected chi connectivity index (χ0v) is 21.5. The number of halogens is 2. The number of imidazole rings is 1. The Kier molecular flexibility index (Phi) is 6.31. The molecule has 1 aromatic carbocycles. The molecule has 0 saturated heterocycles. The van der Waals surface area contributed by atoms with E-state index in [1.54, 1.807) is 35.0 Å². The Morgan fingerprint density at radius 2 is 2.05 bits per heavy atom. The van der Waals surface area contributed by atoms with Gasteiger partial charge in [0.05, 0.1) is 42.5 Å². The second kappa shape index (κ2) is 9.95. The number of benzene rings is 1. The van der Waals surface area contributed by atoms with Gasteiger partial charge in [-0.15, -0.1) is 5.10 Å². The molecule has 0 radical (unpaired) electrons. The number of nitrogens with one attached hydrogen (secondary N) is 1.